The number of hydrogen-bond acceptors (Lipinski definition) is 2. The van der Waals surface area contributed by atoms with Crippen LogP contribution in [-0.4, -0.2) is 6.04 Å². The first-order valence-electron chi connectivity index (χ1n) is 3.98. The molecule has 0 radical (unpaired) electrons. The summed E-state index contributed by atoms with van der Waals surface area (Å²) in [5, 5.41) is 0. The van der Waals surface area contributed by atoms with E-state index >= 15 is 0 Å². The number of nitrogens with two attached hydrogens (primary N) is 2. The van der Waals surface area contributed by atoms with Gasteiger partial charge in [0.25, 0.3) is 0 Å². The minimum Gasteiger partial charge on any atom is -0.326 e. The molecule has 0 heterocycles. The maximum atomic E-state index is 5.91. The lowest BCUT2D eigenvalue weighted by molar-refractivity contribution is 0.588. The third kappa shape index (κ3) is 3.06. The topological polar surface area (TPSA) is 52.0 Å². The van der Waals surface area contributed by atoms with Crippen LogP contribution in [0.4, 0.5) is 0 Å². The van der Waals surface area contributed by atoms with E-state index in [9.17, 15) is 0 Å². The highest BCUT2D eigenvalue weighted by Crippen LogP contribution is 2.24. The Hall–Kier alpha value is 0.1000. The monoisotopic (exact) mass is 306 g/mol. The van der Waals surface area contributed by atoms with Crippen molar-refractivity contribution >= 4 is 31.9 Å². The lowest BCUT2D eigenvalue weighted by Crippen LogP contribution is -2.31. The van der Waals surface area contributed by atoms with E-state index in [1.807, 2.05) is 25.1 Å². The van der Waals surface area contributed by atoms with Crippen molar-refractivity contribution in [1.82, 2.24) is 0 Å². The van der Waals surface area contributed by atoms with Crippen LogP contribution in [0.2, 0.25) is 0 Å². The summed E-state index contributed by atoms with van der Waals surface area (Å²) in [6, 6.07) is 5.78. The molecule has 0 amide bonds. The van der Waals surface area contributed by atoms with E-state index < -0.39 is 0 Å². The molecule has 0 saturated carbocycles. The maximum absolute atomic E-state index is 5.91. The molecule has 0 saturated heterocycles. The van der Waals surface area contributed by atoms with Crippen LogP contribution in [0.3, 0.4) is 0 Å². The van der Waals surface area contributed by atoms with E-state index in [2.05, 4.69) is 31.9 Å². The van der Waals surface area contributed by atoms with Gasteiger partial charge in [-0.25, -0.2) is 0 Å². The third-order valence-electron chi connectivity index (χ3n) is 1.84. The minimum atomic E-state index is -0.117. The second-order valence-corrected chi connectivity index (χ2v) is 4.92. The summed E-state index contributed by atoms with van der Waals surface area (Å²) in [6.45, 7) is 1.90. The van der Waals surface area contributed by atoms with Gasteiger partial charge in [-0.1, -0.05) is 31.9 Å². The Morgan fingerprint density at radius 3 is 1.92 bits per heavy atom. The van der Waals surface area contributed by atoms with Gasteiger partial charge in [0, 0.05) is 21.0 Å². The third-order valence-corrected chi connectivity index (χ3v) is 2.75. The van der Waals surface area contributed by atoms with Gasteiger partial charge in [-0.15, -0.1) is 0 Å². The summed E-state index contributed by atoms with van der Waals surface area (Å²) >= 11 is 6.81. The molecule has 1 rings (SSSR count). The molecule has 72 valence electrons. The fraction of sp³-hybridized carbons (Fsp3) is 0.333. The Balaban J connectivity index is 3.01. The summed E-state index contributed by atoms with van der Waals surface area (Å²) in [4.78, 5) is 0. The van der Waals surface area contributed by atoms with Crippen molar-refractivity contribution in [1.29, 1.82) is 0 Å². The molecule has 1 aromatic rings. The van der Waals surface area contributed by atoms with Gasteiger partial charge in [-0.3, -0.25) is 0 Å². The predicted molar refractivity (Wildman–Crippen MR) is 62.4 cm³/mol. The highest BCUT2D eigenvalue weighted by molar-refractivity contribution is 9.11. The Kier molecular flexibility index (Phi) is 3.91. The SMILES string of the molecule is C[C@H](N)[C@@H](N)c1cc(Br)cc(Br)c1. The fourth-order valence-electron chi connectivity index (χ4n) is 1.07. The zero-order valence-electron chi connectivity index (χ0n) is 7.30. The summed E-state index contributed by atoms with van der Waals surface area (Å²) in [5.41, 5.74) is 12.7. The van der Waals surface area contributed by atoms with Gasteiger partial charge in [-0.05, 0) is 30.7 Å². The largest absolute Gasteiger partial charge is 0.326 e. The van der Waals surface area contributed by atoms with Crippen LogP contribution in [0.1, 0.15) is 18.5 Å². The number of hydrogen-bond donors (Lipinski definition) is 2. The summed E-state index contributed by atoms with van der Waals surface area (Å²) in [6.07, 6.45) is 0. The number of halogens is 2. The average Bonchev–Trinajstić information content (AvgIpc) is 2.01. The molecule has 0 aliphatic heterocycles. The van der Waals surface area contributed by atoms with E-state index in [4.69, 9.17) is 11.5 Å². The molecular weight excluding hydrogens is 296 g/mol. The van der Waals surface area contributed by atoms with Crippen molar-refractivity contribution in [2.75, 3.05) is 0 Å². The van der Waals surface area contributed by atoms with Gasteiger partial charge in [-0.2, -0.15) is 0 Å². The summed E-state index contributed by atoms with van der Waals surface area (Å²) in [7, 11) is 0. The minimum absolute atomic E-state index is 0.0406. The van der Waals surface area contributed by atoms with Crippen LogP contribution in [0.5, 0.6) is 0 Å². The Bertz CT molecular complexity index is 279. The summed E-state index contributed by atoms with van der Waals surface area (Å²) < 4.78 is 2.01. The van der Waals surface area contributed by atoms with Crippen molar-refractivity contribution in [2.24, 2.45) is 11.5 Å². The van der Waals surface area contributed by atoms with Crippen LogP contribution in [-0.2, 0) is 0 Å². The highest BCUT2D eigenvalue weighted by atomic mass is 79.9. The second-order valence-electron chi connectivity index (χ2n) is 3.09. The molecule has 2 nitrogen and oxygen atoms in total. The molecule has 0 aromatic heterocycles. The molecule has 0 spiro atoms. The summed E-state index contributed by atoms with van der Waals surface area (Å²) in [5.74, 6) is 0. The molecule has 0 aliphatic rings. The van der Waals surface area contributed by atoms with E-state index in [0.29, 0.717) is 0 Å². The van der Waals surface area contributed by atoms with Crippen LogP contribution >= 0.6 is 31.9 Å². The first-order chi connectivity index (χ1) is 6.00. The lowest BCUT2D eigenvalue weighted by Gasteiger charge is -2.16. The zero-order chi connectivity index (χ0) is 10.0. The molecule has 2 atom stereocenters. The van der Waals surface area contributed by atoms with Crippen molar-refractivity contribution in [3.05, 3.63) is 32.7 Å². The molecule has 0 fully saturated rings. The van der Waals surface area contributed by atoms with E-state index in [1.54, 1.807) is 0 Å². The zero-order valence-corrected chi connectivity index (χ0v) is 10.5. The second kappa shape index (κ2) is 4.55. The number of rotatable bonds is 2. The number of benzene rings is 1. The smallest absolute Gasteiger partial charge is 0.0446 e. The van der Waals surface area contributed by atoms with Crippen molar-refractivity contribution in [3.63, 3.8) is 0 Å². The first kappa shape index (κ1) is 11.2. The standard InChI is InChI=1S/C9H12Br2N2/c1-5(12)9(13)6-2-7(10)4-8(11)3-6/h2-5,9H,12-13H2,1H3/t5-,9+/m0/s1. The molecule has 0 unspecified atom stereocenters. The van der Waals surface area contributed by atoms with E-state index in [1.165, 1.54) is 0 Å². The van der Waals surface area contributed by atoms with Gasteiger partial charge >= 0.3 is 0 Å². The molecule has 13 heavy (non-hydrogen) atoms. The van der Waals surface area contributed by atoms with Crippen molar-refractivity contribution < 1.29 is 0 Å². The Labute approximate surface area is 94.9 Å². The molecule has 4 heteroatoms. The fourth-order valence-corrected chi connectivity index (χ4v) is 2.40. The van der Waals surface area contributed by atoms with E-state index in [-0.39, 0.29) is 12.1 Å². The quantitative estimate of drug-likeness (QED) is 0.882. The van der Waals surface area contributed by atoms with Crippen LogP contribution in [0.25, 0.3) is 0 Å². The van der Waals surface area contributed by atoms with Crippen molar-refractivity contribution in [3.8, 4) is 0 Å². The molecule has 0 aliphatic carbocycles. The Morgan fingerprint density at radius 2 is 1.54 bits per heavy atom. The van der Waals surface area contributed by atoms with Crippen LogP contribution in [0, 0.1) is 0 Å². The van der Waals surface area contributed by atoms with E-state index in [0.717, 1.165) is 14.5 Å². The molecule has 0 bridgehead atoms. The van der Waals surface area contributed by atoms with Crippen molar-refractivity contribution in [2.45, 2.75) is 19.0 Å². The maximum Gasteiger partial charge on any atom is 0.0446 e. The van der Waals surface area contributed by atoms with Gasteiger partial charge < -0.3 is 11.5 Å². The Morgan fingerprint density at radius 1 is 1.08 bits per heavy atom. The molecule has 1 aromatic carbocycles. The van der Waals surface area contributed by atoms with Crippen LogP contribution < -0.4 is 11.5 Å². The lowest BCUT2D eigenvalue weighted by atomic mass is 10.0. The van der Waals surface area contributed by atoms with Gasteiger partial charge in [0.15, 0.2) is 0 Å². The van der Waals surface area contributed by atoms with Gasteiger partial charge in [0.05, 0.1) is 0 Å². The molecular formula is C9H12Br2N2. The molecule has 4 N–H and O–H groups in total. The predicted octanol–water partition coefficient (Wildman–Crippen LogP) is 2.56. The van der Waals surface area contributed by atoms with Crippen LogP contribution in [0.15, 0.2) is 27.1 Å². The normalized spacial score (nSPS) is 15.5. The first-order valence-corrected chi connectivity index (χ1v) is 5.56. The van der Waals surface area contributed by atoms with Gasteiger partial charge in [0.2, 0.25) is 0 Å². The van der Waals surface area contributed by atoms with Gasteiger partial charge in [0.1, 0.15) is 0 Å². The highest BCUT2D eigenvalue weighted by Gasteiger charge is 2.11. The average molecular weight is 308 g/mol.